The van der Waals surface area contributed by atoms with E-state index in [1.807, 2.05) is 0 Å². The van der Waals surface area contributed by atoms with Crippen LogP contribution >= 0.6 is 0 Å². The van der Waals surface area contributed by atoms with Crippen LogP contribution in [0.1, 0.15) is 0 Å². The molecule has 2 rings (SSSR count). The van der Waals surface area contributed by atoms with Crippen LogP contribution in [0.4, 0.5) is 16.2 Å². The zero-order chi connectivity index (χ0) is 12.3. The maximum absolute atomic E-state index is 10.5. The summed E-state index contributed by atoms with van der Waals surface area (Å²) < 4.78 is 4.62. The van der Waals surface area contributed by atoms with Crippen molar-refractivity contribution in [2.45, 2.75) is 0 Å². The Labute approximate surface area is 96.3 Å². The molecule has 0 atom stereocenters. The van der Waals surface area contributed by atoms with Gasteiger partial charge in [-0.2, -0.15) is 0 Å². The Balaban J connectivity index is 2.06. The fraction of sp³-hybridized carbons (Fsp3) is 0.222. The van der Waals surface area contributed by atoms with Crippen LogP contribution in [-0.4, -0.2) is 29.4 Å². The summed E-state index contributed by atoms with van der Waals surface area (Å²) in [7, 11) is 0. The first-order valence-electron chi connectivity index (χ1n) is 4.96. The summed E-state index contributed by atoms with van der Waals surface area (Å²) in [5.74, 6) is 0. The summed E-state index contributed by atoms with van der Waals surface area (Å²) in [6.07, 6.45) is 0. The molecule has 8 nitrogen and oxygen atoms in total. The highest BCUT2D eigenvalue weighted by molar-refractivity contribution is 5.94. The second-order valence-corrected chi connectivity index (χ2v) is 3.38. The van der Waals surface area contributed by atoms with Crippen LogP contribution in [0, 0.1) is 0 Å². The highest BCUT2D eigenvalue weighted by atomic mass is 16.6. The topological polar surface area (TPSA) is 132 Å². The number of nitrogens with one attached hydrogen (secondary N) is 2. The van der Waals surface area contributed by atoms with Crippen molar-refractivity contribution in [1.29, 1.82) is 0 Å². The largest absolute Gasteiger partial charge is 0.397 e. The van der Waals surface area contributed by atoms with E-state index in [1.54, 1.807) is 12.1 Å². The summed E-state index contributed by atoms with van der Waals surface area (Å²) in [6.45, 7) is 0.918. The molecule has 1 heterocycles. The van der Waals surface area contributed by atoms with Crippen LogP contribution in [-0.2, 0) is 0 Å². The molecule has 0 bridgehead atoms. The third kappa shape index (κ3) is 2.36. The van der Waals surface area contributed by atoms with Gasteiger partial charge in [0.2, 0.25) is 0 Å². The van der Waals surface area contributed by atoms with Gasteiger partial charge in [0, 0.05) is 13.1 Å². The number of primary amides is 1. The standard InChI is InChI=1S/C9H12N6O2/c10-5-1-2-6(8-7(5)14-17-15-8)12-3-4-13-9(11)16/h1-2,12H,3-4,10H2,(H3,11,13,16). The van der Waals surface area contributed by atoms with E-state index < -0.39 is 6.03 Å². The number of rotatable bonds is 4. The van der Waals surface area contributed by atoms with Crippen LogP contribution in [0.5, 0.6) is 0 Å². The monoisotopic (exact) mass is 236 g/mol. The Kier molecular flexibility index (Phi) is 2.95. The molecule has 0 fully saturated rings. The van der Waals surface area contributed by atoms with Crippen molar-refractivity contribution < 1.29 is 9.42 Å². The van der Waals surface area contributed by atoms with Gasteiger partial charge in [-0.3, -0.25) is 0 Å². The lowest BCUT2D eigenvalue weighted by molar-refractivity contribution is 0.249. The Morgan fingerprint density at radius 3 is 2.82 bits per heavy atom. The molecule has 0 saturated heterocycles. The lowest BCUT2D eigenvalue weighted by Crippen LogP contribution is -2.33. The van der Waals surface area contributed by atoms with Crippen LogP contribution in [0.2, 0.25) is 0 Å². The number of carbonyl (C=O) groups excluding carboxylic acids is 1. The van der Waals surface area contributed by atoms with Gasteiger partial charge in [-0.15, -0.1) is 0 Å². The van der Waals surface area contributed by atoms with Gasteiger partial charge in [0.1, 0.15) is 0 Å². The predicted molar refractivity (Wildman–Crippen MR) is 62.3 cm³/mol. The third-order valence-corrected chi connectivity index (χ3v) is 2.19. The summed E-state index contributed by atoms with van der Waals surface area (Å²) in [6, 6.07) is 2.92. The number of nitrogens with zero attached hydrogens (tertiary/aromatic N) is 2. The fourth-order valence-corrected chi connectivity index (χ4v) is 1.41. The zero-order valence-electron chi connectivity index (χ0n) is 8.93. The average molecular weight is 236 g/mol. The number of anilines is 2. The smallest absolute Gasteiger partial charge is 0.312 e. The lowest BCUT2D eigenvalue weighted by atomic mass is 10.2. The van der Waals surface area contributed by atoms with Gasteiger partial charge in [0.25, 0.3) is 0 Å². The van der Waals surface area contributed by atoms with Gasteiger partial charge in [0.05, 0.1) is 11.4 Å². The average Bonchev–Trinajstić information content (AvgIpc) is 2.76. The van der Waals surface area contributed by atoms with Crippen molar-refractivity contribution in [2.24, 2.45) is 5.73 Å². The molecule has 0 unspecified atom stereocenters. The Morgan fingerprint density at radius 2 is 2.06 bits per heavy atom. The van der Waals surface area contributed by atoms with E-state index in [0.717, 1.165) is 5.69 Å². The molecular formula is C9H12N6O2. The molecule has 2 aromatic rings. The SMILES string of the molecule is NC(=O)NCCNc1ccc(N)c2nonc12. The molecule has 6 N–H and O–H groups in total. The van der Waals surface area contributed by atoms with Gasteiger partial charge < -0.3 is 22.1 Å². The van der Waals surface area contributed by atoms with Crippen LogP contribution in [0.25, 0.3) is 11.0 Å². The van der Waals surface area contributed by atoms with E-state index in [-0.39, 0.29) is 0 Å². The summed E-state index contributed by atoms with van der Waals surface area (Å²) in [5, 5.41) is 13.0. The summed E-state index contributed by atoms with van der Waals surface area (Å²) in [4.78, 5) is 10.5. The van der Waals surface area contributed by atoms with Crippen molar-refractivity contribution >= 4 is 28.4 Å². The zero-order valence-corrected chi connectivity index (χ0v) is 8.93. The molecular weight excluding hydrogens is 224 g/mol. The number of amides is 2. The number of nitrogens with two attached hydrogens (primary N) is 2. The number of aromatic nitrogens is 2. The summed E-state index contributed by atoms with van der Waals surface area (Å²) in [5.41, 5.74) is 12.9. The van der Waals surface area contributed by atoms with E-state index in [9.17, 15) is 4.79 Å². The molecule has 1 aromatic carbocycles. The molecule has 17 heavy (non-hydrogen) atoms. The number of urea groups is 1. The van der Waals surface area contributed by atoms with E-state index >= 15 is 0 Å². The number of hydrogen-bond acceptors (Lipinski definition) is 6. The number of fused-ring (bicyclic) bond motifs is 1. The van der Waals surface area contributed by atoms with Crippen LogP contribution in [0.3, 0.4) is 0 Å². The molecule has 0 aliphatic heterocycles. The van der Waals surface area contributed by atoms with Gasteiger partial charge in [-0.1, -0.05) is 0 Å². The number of nitrogen functional groups attached to an aromatic ring is 1. The third-order valence-electron chi connectivity index (χ3n) is 2.19. The maximum atomic E-state index is 10.5. The molecule has 0 aliphatic carbocycles. The molecule has 1 aromatic heterocycles. The Morgan fingerprint density at radius 1 is 1.29 bits per heavy atom. The van der Waals surface area contributed by atoms with E-state index in [1.165, 1.54) is 0 Å². The minimum absolute atomic E-state index is 0.409. The van der Waals surface area contributed by atoms with Crippen molar-refractivity contribution in [3.63, 3.8) is 0 Å². The fourth-order valence-electron chi connectivity index (χ4n) is 1.41. The normalized spacial score (nSPS) is 10.4. The Bertz CT molecular complexity index is 537. The van der Waals surface area contributed by atoms with Crippen molar-refractivity contribution in [3.05, 3.63) is 12.1 Å². The first kappa shape index (κ1) is 11.0. The van der Waals surface area contributed by atoms with Crippen molar-refractivity contribution in [1.82, 2.24) is 15.6 Å². The van der Waals surface area contributed by atoms with Crippen LogP contribution in [0.15, 0.2) is 16.8 Å². The quantitative estimate of drug-likeness (QED) is 0.432. The second kappa shape index (κ2) is 4.56. The van der Waals surface area contributed by atoms with Gasteiger partial charge in [-0.05, 0) is 22.4 Å². The number of hydrogen-bond donors (Lipinski definition) is 4. The first-order valence-corrected chi connectivity index (χ1v) is 4.96. The molecule has 0 aliphatic rings. The predicted octanol–water partition coefficient (Wildman–Crippen LogP) is -0.115. The maximum Gasteiger partial charge on any atom is 0.312 e. The molecule has 0 spiro atoms. The molecule has 0 saturated carbocycles. The lowest BCUT2D eigenvalue weighted by Gasteiger charge is -2.06. The first-order chi connectivity index (χ1) is 8.18. The van der Waals surface area contributed by atoms with E-state index in [2.05, 4.69) is 25.6 Å². The van der Waals surface area contributed by atoms with Crippen molar-refractivity contribution in [3.8, 4) is 0 Å². The van der Waals surface area contributed by atoms with Gasteiger partial charge in [-0.25, -0.2) is 9.42 Å². The molecule has 2 amide bonds. The minimum atomic E-state index is -0.558. The van der Waals surface area contributed by atoms with Crippen molar-refractivity contribution in [2.75, 3.05) is 24.1 Å². The molecule has 90 valence electrons. The number of carbonyl (C=O) groups is 1. The Hall–Kier alpha value is -2.51. The van der Waals surface area contributed by atoms with Gasteiger partial charge >= 0.3 is 6.03 Å². The van der Waals surface area contributed by atoms with E-state index in [4.69, 9.17) is 11.5 Å². The molecule has 0 radical (unpaired) electrons. The van der Waals surface area contributed by atoms with Gasteiger partial charge in [0.15, 0.2) is 11.0 Å². The minimum Gasteiger partial charge on any atom is -0.397 e. The van der Waals surface area contributed by atoms with E-state index in [0.29, 0.717) is 29.8 Å². The highest BCUT2D eigenvalue weighted by Gasteiger charge is 2.09. The molecule has 8 heteroatoms. The summed E-state index contributed by atoms with van der Waals surface area (Å²) >= 11 is 0. The second-order valence-electron chi connectivity index (χ2n) is 3.38. The highest BCUT2D eigenvalue weighted by Crippen LogP contribution is 2.24. The van der Waals surface area contributed by atoms with Crippen LogP contribution < -0.4 is 22.1 Å². The number of benzene rings is 1.